The van der Waals surface area contributed by atoms with Gasteiger partial charge in [0.05, 0.1) is 6.04 Å². The number of halogens is 2. The van der Waals surface area contributed by atoms with Gasteiger partial charge >= 0.3 is 6.03 Å². The highest BCUT2D eigenvalue weighted by atomic mass is 79.9. The minimum atomic E-state index is -0.629. The molecule has 28 heavy (non-hydrogen) atoms. The van der Waals surface area contributed by atoms with Crippen LogP contribution in [0.15, 0.2) is 53.0 Å². The zero-order valence-electron chi connectivity index (χ0n) is 16.0. The largest absolute Gasteiger partial charge is 0.348 e. The predicted octanol–water partition coefficient (Wildman–Crippen LogP) is 4.43. The average Bonchev–Trinajstić information content (AvgIpc) is 2.67. The summed E-state index contributed by atoms with van der Waals surface area (Å²) in [7, 11) is 0. The van der Waals surface area contributed by atoms with E-state index in [9.17, 15) is 14.0 Å². The number of carbonyl (C=O) groups excluding carboxylic acids is 2. The van der Waals surface area contributed by atoms with Crippen LogP contribution in [0.25, 0.3) is 0 Å². The number of carbonyl (C=O) groups is 2. The minimum absolute atomic E-state index is 0.177. The Morgan fingerprint density at radius 3 is 2.29 bits per heavy atom. The Bertz CT molecular complexity index is 781. The van der Waals surface area contributed by atoms with Gasteiger partial charge < -0.3 is 16.0 Å². The Kier molecular flexibility index (Phi) is 8.44. The molecule has 0 heterocycles. The molecular weight excluding hydrogens is 425 g/mol. The van der Waals surface area contributed by atoms with Gasteiger partial charge in [-0.15, -0.1) is 0 Å². The second kappa shape index (κ2) is 10.8. The van der Waals surface area contributed by atoms with Gasteiger partial charge in [-0.1, -0.05) is 53.5 Å². The average molecular weight is 450 g/mol. The minimum Gasteiger partial charge on any atom is -0.348 e. The zero-order chi connectivity index (χ0) is 20.5. The van der Waals surface area contributed by atoms with E-state index < -0.39 is 12.1 Å². The van der Waals surface area contributed by atoms with Gasteiger partial charge in [-0.05, 0) is 48.7 Å². The second-order valence-corrected chi connectivity index (χ2v) is 7.49. The van der Waals surface area contributed by atoms with Crippen LogP contribution in [0, 0.1) is 5.82 Å². The lowest BCUT2D eigenvalue weighted by Gasteiger charge is -2.21. The number of benzene rings is 2. The van der Waals surface area contributed by atoms with Crippen LogP contribution >= 0.6 is 15.9 Å². The van der Waals surface area contributed by atoms with Crippen molar-refractivity contribution in [2.24, 2.45) is 0 Å². The van der Waals surface area contributed by atoms with Gasteiger partial charge in [0.15, 0.2) is 0 Å². The summed E-state index contributed by atoms with van der Waals surface area (Å²) in [5.74, 6) is -0.554. The molecule has 0 saturated heterocycles. The summed E-state index contributed by atoms with van der Waals surface area (Å²) >= 11 is 3.39. The fourth-order valence-corrected chi connectivity index (χ4v) is 2.96. The Labute approximate surface area is 173 Å². The third kappa shape index (κ3) is 6.96. The first kappa shape index (κ1) is 21.9. The molecule has 0 aliphatic heterocycles. The van der Waals surface area contributed by atoms with Gasteiger partial charge in [-0.2, -0.15) is 0 Å². The summed E-state index contributed by atoms with van der Waals surface area (Å²) in [4.78, 5) is 24.8. The summed E-state index contributed by atoms with van der Waals surface area (Å²) in [6, 6.07) is 12.4. The molecule has 0 bridgehead atoms. The highest BCUT2D eigenvalue weighted by Crippen LogP contribution is 2.16. The first-order valence-corrected chi connectivity index (χ1v) is 10.0. The fourth-order valence-electron chi connectivity index (χ4n) is 2.70. The van der Waals surface area contributed by atoms with Crippen molar-refractivity contribution in [3.63, 3.8) is 0 Å². The molecule has 5 nitrogen and oxygen atoms in total. The van der Waals surface area contributed by atoms with Crippen molar-refractivity contribution in [3.8, 4) is 0 Å². The van der Waals surface area contributed by atoms with E-state index in [0.717, 1.165) is 22.0 Å². The number of urea groups is 1. The molecule has 0 spiro atoms. The maximum Gasteiger partial charge on any atom is 0.315 e. The molecule has 2 aromatic carbocycles. The topological polar surface area (TPSA) is 70.2 Å². The molecule has 0 aliphatic carbocycles. The second-order valence-electron chi connectivity index (χ2n) is 6.58. The summed E-state index contributed by atoms with van der Waals surface area (Å²) in [5.41, 5.74) is 1.75. The molecule has 2 unspecified atom stereocenters. The van der Waals surface area contributed by atoms with E-state index in [0.29, 0.717) is 6.42 Å². The van der Waals surface area contributed by atoms with Crippen molar-refractivity contribution in [3.05, 3.63) is 69.9 Å². The standard InChI is InChI=1S/C21H25BrFN3O2/c1-3-4-19(20(27)25-14(2)16-7-9-17(22)10-8-16)26-21(28)24-13-15-5-11-18(23)12-6-15/h5-12,14,19H,3-4,13H2,1-2H3,(H,25,27)(H2,24,26,28). The van der Waals surface area contributed by atoms with Gasteiger partial charge in [0, 0.05) is 11.0 Å². The number of nitrogens with one attached hydrogen (secondary N) is 3. The molecule has 2 aromatic rings. The third-order valence-electron chi connectivity index (χ3n) is 4.29. The van der Waals surface area contributed by atoms with E-state index in [1.54, 1.807) is 12.1 Å². The molecular formula is C21H25BrFN3O2. The van der Waals surface area contributed by atoms with Crippen molar-refractivity contribution in [2.75, 3.05) is 0 Å². The molecule has 0 aliphatic rings. The third-order valence-corrected chi connectivity index (χ3v) is 4.82. The highest BCUT2D eigenvalue weighted by Gasteiger charge is 2.21. The van der Waals surface area contributed by atoms with Crippen LogP contribution in [0.3, 0.4) is 0 Å². The highest BCUT2D eigenvalue weighted by molar-refractivity contribution is 9.10. The number of hydrogen-bond acceptors (Lipinski definition) is 2. The Hall–Kier alpha value is -2.41. The SMILES string of the molecule is CCCC(NC(=O)NCc1ccc(F)cc1)C(=O)NC(C)c1ccc(Br)cc1. The zero-order valence-corrected chi connectivity index (χ0v) is 17.6. The molecule has 7 heteroatoms. The van der Waals surface area contributed by atoms with Crippen LogP contribution in [-0.2, 0) is 11.3 Å². The monoisotopic (exact) mass is 449 g/mol. The molecule has 2 rings (SSSR count). The summed E-state index contributed by atoms with van der Waals surface area (Å²) in [6.45, 7) is 4.11. The van der Waals surface area contributed by atoms with Gasteiger partial charge in [-0.3, -0.25) is 4.79 Å². The lowest BCUT2D eigenvalue weighted by molar-refractivity contribution is -0.123. The van der Waals surface area contributed by atoms with Crippen molar-refractivity contribution < 1.29 is 14.0 Å². The Morgan fingerprint density at radius 2 is 1.68 bits per heavy atom. The van der Waals surface area contributed by atoms with Crippen molar-refractivity contribution in [1.29, 1.82) is 0 Å². The van der Waals surface area contributed by atoms with E-state index in [4.69, 9.17) is 0 Å². The molecule has 3 amide bonds. The molecule has 0 radical (unpaired) electrons. The molecule has 0 fully saturated rings. The van der Waals surface area contributed by atoms with Crippen molar-refractivity contribution in [2.45, 2.75) is 45.3 Å². The molecule has 0 aromatic heterocycles. The van der Waals surface area contributed by atoms with Crippen LogP contribution < -0.4 is 16.0 Å². The number of rotatable bonds is 8. The first-order chi connectivity index (χ1) is 13.4. The molecule has 150 valence electrons. The number of hydrogen-bond donors (Lipinski definition) is 3. The Balaban J connectivity index is 1.89. The first-order valence-electron chi connectivity index (χ1n) is 9.23. The van der Waals surface area contributed by atoms with E-state index in [2.05, 4.69) is 31.9 Å². The van der Waals surface area contributed by atoms with Crippen LogP contribution in [0.5, 0.6) is 0 Å². The summed E-state index contributed by atoms with van der Waals surface area (Å²) in [6.07, 6.45) is 1.28. The molecule has 3 N–H and O–H groups in total. The van der Waals surface area contributed by atoms with Gasteiger partial charge in [0.25, 0.3) is 0 Å². The van der Waals surface area contributed by atoms with Gasteiger partial charge in [0.2, 0.25) is 5.91 Å². The van der Waals surface area contributed by atoms with Crippen molar-refractivity contribution in [1.82, 2.24) is 16.0 Å². The maximum absolute atomic E-state index is 12.9. The maximum atomic E-state index is 12.9. The van der Waals surface area contributed by atoms with Crippen LogP contribution in [-0.4, -0.2) is 18.0 Å². The van der Waals surface area contributed by atoms with E-state index in [1.165, 1.54) is 12.1 Å². The van der Waals surface area contributed by atoms with Crippen LogP contribution in [0.1, 0.15) is 43.9 Å². The summed E-state index contributed by atoms with van der Waals surface area (Å²) in [5, 5.41) is 8.36. The summed E-state index contributed by atoms with van der Waals surface area (Å²) < 4.78 is 13.9. The van der Waals surface area contributed by atoms with Crippen molar-refractivity contribution >= 4 is 27.9 Å². The quantitative estimate of drug-likeness (QED) is 0.557. The predicted molar refractivity (Wildman–Crippen MR) is 111 cm³/mol. The van der Waals surface area contributed by atoms with Crippen LogP contribution in [0.4, 0.5) is 9.18 Å². The van der Waals surface area contributed by atoms with E-state index in [-0.39, 0.29) is 24.3 Å². The van der Waals surface area contributed by atoms with E-state index >= 15 is 0 Å². The lowest BCUT2D eigenvalue weighted by atomic mass is 10.1. The van der Waals surface area contributed by atoms with Crippen LogP contribution in [0.2, 0.25) is 0 Å². The Morgan fingerprint density at radius 1 is 1.04 bits per heavy atom. The number of amides is 3. The van der Waals surface area contributed by atoms with Gasteiger partial charge in [-0.25, -0.2) is 9.18 Å². The van der Waals surface area contributed by atoms with E-state index in [1.807, 2.05) is 38.1 Å². The molecule has 0 saturated carbocycles. The normalized spacial score (nSPS) is 12.7. The smallest absolute Gasteiger partial charge is 0.315 e. The molecule has 2 atom stereocenters. The van der Waals surface area contributed by atoms with Gasteiger partial charge in [0.1, 0.15) is 11.9 Å². The lowest BCUT2D eigenvalue weighted by Crippen LogP contribution is -2.50. The fraction of sp³-hybridized carbons (Fsp3) is 0.333.